The minimum atomic E-state index is -0.895. The predicted molar refractivity (Wildman–Crippen MR) is 107 cm³/mol. The smallest absolute Gasteiger partial charge is 0.232 e. The van der Waals surface area contributed by atoms with Crippen molar-refractivity contribution in [3.05, 3.63) is 102 Å². The number of carbonyl (C=O) groups is 1. The Labute approximate surface area is 158 Å². The molecule has 0 aliphatic heterocycles. The summed E-state index contributed by atoms with van der Waals surface area (Å²) in [5, 5.41) is 0. The Bertz CT molecular complexity index is 1020. The van der Waals surface area contributed by atoms with Gasteiger partial charge in [0.1, 0.15) is 5.41 Å². The summed E-state index contributed by atoms with van der Waals surface area (Å²) < 4.78 is 2.08. The molecule has 0 aliphatic rings. The van der Waals surface area contributed by atoms with Crippen molar-refractivity contribution in [2.24, 2.45) is 5.73 Å². The first-order chi connectivity index (χ1) is 13.2. The van der Waals surface area contributed by atoms with E-state index < -0.39 is 5.41 Å². The molecule has 0 unspecified atom stereocenters. The van der Waals surface area contributed by atoms with Crippen LogP contribution in [0.3, 0.4) is 0 Å². The summed E-state index contributed by atoms with van der Waals surface area (Å²) in [6, 6.07) is 27.6. The highest BCUT2D eigenvalue weighted by atomic mass is 16.1. The predicted octanol–water partition coefficient (Wildman–Crippen LogP) is 3.90. The van der Waals surface area contributed by atoms with Gasteiger partial charge in [0.25, 0.3) is 0 Å². The molecule has 4 nitrogen and oxygen atoms in total. The zero-order valence-corrected chi connectivity index (χ0v) is 15.0. The largest absolute Gasteiger partial charge is 0.369 e. The highest BCUT2D eigenvalue weighted by molar-refractivity contribution is 5.90. The third-order valence-corrected chi connectivity index (χ3v) is 5.21. The van der Waals surface area contributed by atoms with E-state index in [0.29, 0.717) is 13.0 Å². The van der Waals surface area contributed by atoms with Crippen LogP contribution in [0.2, 0.25) is 0 Å². The van der Waals surface area contributed by atoms with Crippen molar-refractivity contribution in [2.75, 3.05) is 0 Å². The molecule has 4 aromatic rings. The lowest BCUT2D eigenvalue weighted by molar-refractivity contribution is -0.122. The highest BCUT2D eigenvalue weighted by Crippen LogP contribution is 2.36. The summed E-state index contributed by atoms with van der Waals surface area (Å²) in [5.41, 5.74) is 8.95. The first-order valence-corrected chi connectivity index (χ1v) is 9.02. The molecule has 0 saturated heterocycles. The van der Waals surface area contributed by atoms with E-state index in [2.05, 4.69) is 9.55 Å². The van der Waals surface area contributed by atoms with E-state index in [1.54, 1.807) is 0 Å². The van der Waals surface area contributed by atoms with Gasteiger partial charge in [-0.3, -0.25) is 4.79 Å². The second-order valence-corrected chi connectivity index (χ2v) is 6.68. The molecule has 0 saturated carbocycles. The molecule has 3 aromatic carbocycles. The van der Waals surface area contributed by atoms with Gasteiger partial charge in [-0.25, -0.2) is 4.98 Å². The molecule has 0 aliphatic carbocycles. The molecule has 0 atom stereocenters. The molecule has 0 radical (unpaired) electrons. The van der Waals surface area contributed by atoms with Gasteiger partial charge in [-0.1, -0.05) is 72.8 Å². The van der Waals surface area contributed by atoms with Crippen LogP contribution in [0.4, 0.5) is 0 Å². The Balaban J connectivity index is 1.79. The topological polar surface area (TPSA) is 60.9 Å². The van der Waals surface area contributed by atoms with Crippen LogP contribution in [0, 0.1) is 0 Å². The fourth-order valence-corrected chi connectivity index (χ4v) is 3.79. The maximum Gasteiger partial charge on any atom is 0.232 e. The molecule has 1 aromatic heterocycles. The lowest BCUT2D eigenvalue weighted by Crippen LogP contribution is -2.43. The zero-order valence-electron chi connectivity index (χ0n) is 15.0. The Morgan fingerprint density at radius 3 is 2.00 bits per heavy atom. The molecule has 1 amide bonds. The molecule has 1 heterocycles. The first kappa shape index (κ1) is 17.0. The molecule has 2 N–H and O–H groups in total. The van der Waals surface area contributed by atoms with E-state index in [-0.39, 0.29) is 5.91 Å². The minimum Gasteiger partial charge on any atom is -0.369 e. The first-order valence-electron chi connectivity index (χ1n) is 9.02. The molecule has 27 heavy (non-hydrogen) atoms. The van der Waals surface area contributed by atoms with Gasteiger partial charge in [-0.05, 0) is 29.7 Å². The van der Waals surface area contributed by atoms with Crippen molar-refractivity contribution in [2.45, 2.75) is 18.4 Å². The van der Waals surface area contributed by atoms with Crippen molar-refractivity contribution >= 4 is 16.9 Å². The standard InChI is InChI=1S/C23H21N3O/c24-22(27)23(18-9-3-1-4-10-18,19-11-5-2-6-12-19)15-16-26-17-25-20-13-7-8-14-21(20)26/h1-14,17H,15-16H2,(H2,24,27). The molecule has 134 valence electrons. The zero-order chi connectivity index (χ0) is 18.7. The van der Waals surface area contributed by atoms with Crippen LogP contribution in [0.25, 0.3) is 11.0 Å². The summed E-state index contributed by atoms with van der Waals surface area (Å²) in [4.78, 5) is 17.3. The van der Waals surface area contributed by atoms with Crippen molar-refractivity contribution in [3.8, 4) is 0 Å². The molecule has 0 fully saturated rings. The number of aryl methyl sites for hydroxylation is 1. The summed E-state index contributed by atoms with van der Waals surface area (Å²) in [6.45, 7) is 0.632. The number of hydrogen-bond acceptors (Lipinski definition) is 2. The molecule has 4 heteroatoms. The molecule has 0 bridgehead atoms. The van der Waals surface area contributed by atoms with Crippen molar-refractivity contribution in [1.29, 1.82) is 0 Å². The number of nitrogens with zero attached hydrogens (tertiary/aromatic N) is 2. The molecule has 4 rings (SSSR count). The molecular formula is C23H21N3O. The monoisotopic (exact) mass is 355 g/mol. The van der Waals surface area contributed by atoms with E-state index in [4.69, 9.17) is 5.73 Å². The maximum atomic E-state index is 12.8. The number of benzene rings is 3. The van der Waals surface area contributed by atoms with Gasteiger partial charge in [0.05, 0.1) is 17.4 Å². The fourth-order valence-electron chi connectivity index (χ4n) is 3.79. The van der Waals surface area contributed by atoms with Crippen molar-refractivity contribution in [3.63, 3.8) is 0 Å². The molecule has 0 spiro atoms. The average molecular weight is 355 g/mol. The van der Waals surface area contributed by atoms with Crippen LogP contribution >= 0.6 is 0 Å². The number of nitrogens with two attached hydrogens (primary N) is 1. The SMILES string of the molecule is NC(=O)C(CCn1cnc2ccccc21)(c1ccccc1)c1ccccc1. The Morgan fingerprint density at radius 1 is 0.852 bits per heavy atom. The number of aromatic nitrogens is 2. The van der Waals surface area contributed by atoms with E-state index >= 15 is 0 Å². The fraction of sp³-hybridized carbons (Fsp3) is 0.130. The number of fused-ring (bicyclic) bond motifs is 1. The summed E-state index contributed by atoms with van der Waals surface area (Å²) in [7, 11) is 0. The maximum absolute atomic E-state index is 12.8. The van der Waals surface area contributed by atoms with Crippen LogP contribution in [0.5, 0.6) is 0 Å². The third kappa shape index (κ3) is 2.99. The highest BCUT2D eigenvalue weighted by Gasteiger charge is 2.40. The third-order valence-electron chi connectivity index (χ3n) is 5.21. The Hall–Kier alpha value is -3.40. The van der Waals surface area contributed by atoms with Crippen LogP contribution in [0.15, 0.2) is 91.3 Å². The van der Waals surface area contributed by atoms with Crippen LogP contribution in [0.1, 0.15) is 17.5 Å². The van der Waals surface area contributed by atoms with Gasteiger partial charge in [-0.15, -0.1) is 0 Å². The van der Waals surface area contributed by atoms with Gasteiger partial charge in [0.15, 0.2) is 0 Å². The second kappa shape index (κ2) is 7.08. The van der Waals surface area contributed by atoms with E-state index in [1.165, 1.54) is 0 Å². The summed E-state index contributed by atoms with van der Waals surface area (Å²) in [5.74, 6) is -0.343. The van der Waals surface area contributed by atoms with E-state index in [9.17, 15) is 4.79 Å². The lowest BCUT2D eigenvalue weighted by Gasteiger charge is -2.32. The van der Waals surface area contributed by atoms with E-state index in [1.807, 2.05) is 91.3 Å². The number of rotatable bonds is 6. The van der Waals surface area contributed by atoms with Crippen molar-refractivity contribution in [1.82, 2.24) is 9.55 Å². The van der Waals surface area contributed by atoms with Crippen LogP contribution in [-0.2, 0) is 16.8 Å². The number of amides is 1. The Kier molecular flexibility index (Phi) is 4.47. The van der Waals surface area contributed by atoms with Crippen LogP contribution < -0.4 is 5.73 Å². The van der Waals surface area contributed by atoms with Gasteiger partial charge < -0.3 is 10.3 Å². The molecular weight excluding hydrogens is 334 g/mol. The number of primary amides is 1. The quantitative estimate of drug-likeness (QED) is 0.570. The van der Waals surface area contributed by atoms with Gasteiger partial charge in [0.2, 0.25) is 5.91 Å². The van der Waals surface area contributed by atoms with E-state index in [0.717, 1.165) is 22.2 Å². The summed E-state index contributed by atoms with van der Waals surface area (Å²) in [6.07, 6.45) is 2.38. The van der Waals surface area contributed by atoms with Crippen molar-refractivity contribution < 1.29 is 4.79 Å². The normalized spacial score (nSPS) is 11.6. The second-order valence-electron chi connectivity index (χ2n) is 6.68. The van der Waals surface area contributed by atoms with Crippen LogP contribution in [-0.4, -0.2) is 15.5 Å². The number of hydrogen-bond donors (Lipinski definition) is 1. The van der Waals surface area contributed by atoms with Gasteiger partial charge >= 0.3 is 0 Å². The number of para-hydroxylation sites is 2. The minimum absolute atomic E-state index is 0.343. The Morgan fingerprint density at radius 2 is 1.41 bits per heavy atom. The summed E-state index contributed by atoms with van der Waals surface area (Å²) >= 11 is 0. The van der Waals surface area contributed by atoms with Gasteiger partial charge in [0, 0.05) is 6.54 Å². The van der Waals surface area contributed by atoms with Gasteiger partial charge in [-0.2, -0.15) is 0 Å². The lowest BCUT2D eigenvalue weighted by atomic mass is 9.71. The number of imidazole rings is 1. The average Bonchev–Trinajstić information content (AvgIpc) is 3.13. The number of carbonyl (C=O) groups excluding carboxylic acids is 1.